The largest absolute Gasteiger partial charge is 0.343 e. The van der Waals surface area contributed by atoms with Crippen LogP contribution in [0.25, 0.3) is 10.2 Å². The zero-order valence-corrected chi connectivity index (χ0v) is 16.3. The number of aromatic nitrogens is 1. The molecular formula is C19H16ClFN4O2S. The number of hydrogen-bond donors (Lipinski definition) is 3. The van der Waals surface area contributed by atoms with Crippen LogP contribution in [0.4, 0.5) is 9.18 Å². The second-order valence-corrected chi connectivity index (χ2v) is 8.12. The summed E-state index contributed by atoms with van der Waals surface area (Å²) in [5.41, 5.74) is 2.23. The van der Waals surface area contributed by atoms with Gasteiger partial charge in [0.25, 0.3) is 0 Å². The van der Waals surface area contributed by atoms with Crippen LogP contribution < -0.4 is 16.0 Å². The summed E-state index contributed by atoms with van der Waals surface area (Å²) < 4.78 is 14.7. The van der Waals surface area contributed by atoms with Crippen molar-refractivity contribution < 1.29 is 14.0 Å². The standard InChI is InChI=1S/C19H16ClFN4O2S/c1-9-23-14-7-11(3-5-16(14)28-9)17(10-2-4-13(21)12(20)6-10)25-18(26)15-8-22-19(27)24-15/h2-7,15,17H,8H2,1H3,(H,25,26)(H2,22,24,27)/t15?,17-/m0/s1. The monoisotopic (exact) mass is 418 g/mol. The van der Waals surface area contributed by atoms with Crippen molar-refractivity contribution in [2.75, 3.05) is 6.54 Å². The van der Waals surface area contributed by atoms with Crippen LogP contribution in [0.2, 0.25) is 5.02 Å². The average molecular weight is 419 g/mol. The first-order chi connectivity index (χ1) is 13.4. The van der Waals surface area contributed by atoms with E-state index in [-0.39, 0.29) is 23.5 Å². The number of nitrogens with zero attached hydrogens (tertiary/aromatic N) is 1. The fourth-order valence-electron chi connectivity index (χ4n) is 3.15. The minimum Gasteiger partial charge on any atom is -0.343 e. The van der Waals surface area contributed by atoms with E-state index in [1.807, 2.05) is 25.1 Å². The van der Waals surface area contributed by atoms with Gasteiger partial charge >= 0.3 is 6.03 Å². The number of rotatable bonds is 4. The summed E-state index contributed by atoms with van der Waals surface area (Å²) >= 11 is 7.54. The van der Waals surface area contributed by atoms with Crippen molar-refractivity contribution in [2.24, 2.45) is 0 Å². The van der Waals surface area contributed by atoms with Crippen molar-refractivity contribution in [3.8, 4) is 0 Å². The molecule has 2 aromatic carbocycles. The Balaban J connectivity index is 1.72. The Morgan fingerprint density at radius 2 is 2.07 bits per heavy atom. The maximum absolute atomic E-state index is 13.6. The van der Waals surface area contributed by atoms with Gasteiger partial charge in [-0.15, -0.1) is 11.3 Å². The fraction of sp³-hybridized carbons (Fsp3) is 0.211. The number of carbonyl (C=O) groups is 2. The van der Waals surface area contributed by atoms with Crippen molar-refractivity contribution in [1.29, 1.82) is 0 Å². The van der Waals surface area contributed by atoms with Gasteiger partial charge in [0.1, 0.15) is 11.9 Å². The second-order valence-electron chi connectivity index (χ2n) is 6.48. The molecule has 3 N–H and O–H groups in total. The molecule has 1 aliphatic heterocycles. The van der Waals surface area contributed by atoms with Gasteiger partial charge in [0.15, 0.2) is 0 Å². The lowest BCUT2D eigenvalue weighted by molar-refractivity contribution is -0.122. The Kier molecular flexibility index (Phi) is 4.91. The third-order valence-corrected chi connectivity index (χ3v) is 5.75. The lowest BCUT2D eigenvalue weighted by atomic mass is 9.98. The summed E-state index contributed by atoms with van der Waals surface area (Å²) in [5, 5.41) is 8.96. The Morgan fingerprint density at radius 3 is 2.79 bits per heavy atom. The lowest BCUT2D eigenvalue weighted by Crippen LogP contribution is -2.44. The van der Waals surface area contributed by atoms with Crippen LogP contribution in [0.15, 0.2) is 36.4 Å². The van der Waals surface area contributed by atoms with Gasteiger partial charge in [0.2, 0.25) is 5.91 Å². The maximum Gasteiger partial charge on any atom is 0.315 e. The van der Waals surface area contributed by atoms with E-state index in [2.05, 4.69) is 20.9 Å². The topological polar surface area (TPSA) is 83.1 Å². The van der Waals surface area contributed by atoms with Gasteiger partial charge in [-0.1, -0.05) is 23.7 Å². The van der Waals surface area contributed by atoms with E-state index in [0.717, 1.165) is 20.8 Å². The minimum absolute atomic E-state index is 0.0295. The van der Waals surface area contributed by atoms with Crippen molar-refractivity contribution in [1.82, 2.24) is 20.9 Å². The van der Waals surface area contributed by atoms with Gasteiger partial charge in [-0.05, 0) is 42.3 Å². The molecular weight excluding hydrogens is 403 g/mol. The van der Waals surface area contributed by atoms with Crippen LogP contribution in [0, 0.1) is 12.7 Å². The molecule has 0 saturated carbocycles. The molecule has 2 heterocycles. The van der Waals surface area contributed by atoms with Crippen molar-refractivity contribution in [3.05, 3.63) is 63.4 Å². The molecule has 6 nitrogen and oxygen atoms in total. The van der Waals surface area contributed by atoms with Crippen molar-refractivity contribution >= 4 is 45.1 Å². The number of halogens is 2. The Labute approximate surface area is 169 Å². The summed E-state index contributed by atoms with van der Waals surface area (Å²) in [6, 6.07) is 8.42. The van der Waals surface area contributed by atoms with Gasteiger partial charge in [-0.25, -0.2) is 14.2 Å². The Bertz CT molecular complexity index is 1090. The molecule has 0 spiro atoms. The highest BCUT2D eigenvalue weighted by molar-refractivity contribution is 7.18. The predicted molar refractivity (Wildman–Crippen MR) is 106 cm³/mol. The molecule has 4 rings (SSSR count). The number of fused-ring (bicyclic) bond motifs is 1. The second kappa shape index (κ2) is 7.37. The molecule has 1 aromatic heterocycles. The number of thiazole rings is 1. The molecule has 144 valence electrons. The molecule has 28 heavy (non-hydrogen) atoms. The summed E-state index contributed by atoms with van der Waals surface area (Å²) in [4.78, 5) is 28.5. The first kappa shape index (κ1) is 18.6. The van der Waals surface area contributed by atoms with Crippen LogP contribution in [0.3, 0.4) is 0 Å². The molecule has 3 aromatic rings. The van der Waals surface area contributed by atoms with Gasteiger partial charge < -0.3 is 16.0 Å². The third kappa shape index (κ3) is 3.65. The molecule has 1 unspecified atom stereocenters. The van der Waals surface area contributed by atoms with Crippen LogP contribution in [-0.2, 0) is 4.79 Å². The molecule has 1 aliphatic rings. The molecule has 3 amide bonds. The molecule has 9 heteroatoms. The third-order valence-electron chi connectivity index (χ3n) is 4.50. The Hall–Kier alpha value is -2.71. The number of urea groups is 1. The van der Waals surface area contributed by atoms with E-state index in [4.69, 9.17) is 11.6 Å². The summed E-state index contributed by atoms with van der Waals surface area (Å²) in [7, 11) is 0. The van der Waals surface area contributed by atoms with Gasteiger partial charge in [-0.2, -0.15) is 0 Å². The maximum atomic E-state index is 13.6. The molecule has 0 aliphatic carbocycles. The van der Waals surface area contributed by atoms with E-state index in [1.165, 1.54) is 12.1 Å². The Morgan fingerprint density at radius 1 is 1.32 bits per heavy atom. The highest BCUT2D eigenvalue weighted by atomic mass is 35.5. The van der Waals surface area contributed by atoms with Crippen LogP contribution in [0.1, 0.15) is 22.2 Å². The summed E-state index contributed by atoms with van der Waals surface area (Å²) in [6.07, 6.45) is 0. The van der Waals surface area contributed by atoms with E-state index >= 15 is 0 Å². The zero-order valence-electron chi connectivity index (χ0n) is 14.8. The highest BCUT2D eigenvalue weighted by Crippen LogP contribution is 2.30. The van der Waals surface area contributed by atoms with E-state index < -0.39 is 17.9 Å². The number of amides is 3. The molecule has 1 fully saturated rings. The SMILES string of the molecule is Cc1nc2cc([C@@H](NC(=O)C3CNC(=O)N3)c3ccc(F)c(Cl)c3)ccc2s1. The number of aryl methyl sites for hydroxylation is 1. The number of carbonyl (C=O) groups excluding carboxylic acids is 2. The van der Waals surface area contributed by atoms with Gasteiger partial charge in [0.05, 0.1) is 26.3 Å². The molecule has 2 atom stereocenters. The molecule has 0 radical (unpaired) electrons. The summed E-state index contributed by atoms with van der Waals surface area (Å²) in [5.74, 6) is -0.883. The van der Waals surface area contributed by atoms with E-state index in [9.17, 15) is 14.0 Å². The number of nitrogens with one attached hydrogen (secondary N) is 3. The van der Waals surface area contributed by atoms with Crippen LogP contribution >= 0.6 is 22.9 Å². The first-order valence-corrected chi connectivity index (χ1v) is 9.77. The summed E-state index contributed by atoms with van der Waals surface area (Å²) in [6.45, 7) is 2.13. The van der Waals surface area contributed by atoms with Gasteiger partial charge in [0, 0.05) is 6.54 Å². The van der Waals surface area contributed by atoms with E-state index in [1.54, 1.807) is 17.4 Å². The minimum atomic E-state index is -0.684. The first-order valence-electron chi connectivity index (χ1n) is 8.57. The number of benzene rings is 2. The lowest BCUT2D eigenvalue weighted by Gasteiger charge is -2.22. The zero-order chi connectivity index (χ0) is 19.8. The smallest absolute Gasteiger partial charge is 0.315 e. The predicted octanol–water partition coefficient (Wildman–Crippen LogP) is 3.28. The molecule has 0 bridgehead atoms. The van der Waals surface area contributed by atoms with Crippen molar-refractivity contribution in [3.63, 3.8) is 0 Å². The quantitative estimate of drug-likeness (QED) is 0.608. The van der Waals surface area contributed by atoms with Crippen LogP contribution in [0.5, 0.6) is 0 Å². The average Bonchev–Trinajstić information content (AvgIpc) is 3.26. The molecule has 1 saturated heterocycles. The van der Waals surface area contributed by atoms with Crippen LogP contribution in [-0.4, -0.2) is 29.5 Å². The normalized spacial score (nSPS) is 17.2. The number of hydrogen-bond acceptors (Lipinski definition) is 4. The van der Waals surface area contributed by atoms with Gasteiger partial charge in [-0.3, -0.25) is 4.79 Å². The fourth-order valence-corrected chi connectivity index (χ4v) is 4.14. The van der Waals surface area contributed by atoms with Crippen molar-refractivity contribution in [2.45, 2.75) is 19.0 Å². The van der Waals surface area contributed by atoms with E-state index in [0.29, 0.717) is 5.56 Å². The highest BCUT2D eigenvalue weighted by Gasteiger charge is 2.29.